The molecule has 2 fully saturated rings. The van der Waals surface area contributed by atoms with Crippen LogP contribution in [0.2, 0.25) is 0 Å². The second kappa shape index (κ2) is 5.91. The summed E-state index contributed by atoms with van der Waals surface area (Å²) in [5.41, 5.74) is 1.53. The zero-order valence-corrected chi connectivity index (χ0v) is 15.1. The molecule has 0 spiro atoms. The Morgan fingerprint density at radius 2 is 2.13 bits per heavy atom. The fraction of sp³-hybridized carbons (Fsp3) is 0.850. The van der Waals surface area contributed by atoms with Crippen molar-refractivity contribution in [3.05, 3.63) is 11.8 Å². The van der Waals surface area contributed by atoms with Gasteiger partial charge in [0.05, 0.1) is 6.10 Å². The molecule has 7 atom stereocenters. The molecule has 0 aromatic carbocycles. The van der Waals surface area contributed by atoms with Gasteiger partial charge in [-0.15, -0.1) is 0 Å². The molecule has 3 rings (SSSR count). The molecule has 1 amide bonds. The van der Waals surface area contributed by atoms with Crippen molar-refractivity contribution < 1.29 is 9.90 Å². The number of carbonyl (C=O) groups is 1. The molecule has 0 heterocycles. The molecule has 3 heteroatoms. The third-order valence-corrected chi connectivity index (χ3v) is 7.53. The molecule has 0 aliphatic heterocycles. The van der Waals surface area contributed by atoms with Crippen LogP contribution in [0.1, 0.15) is 66.2 Å². The van der Waals surface area contributed by atoms with E-state index in [0.29, 0.717) is 29.1 Å². The van der Waals surface area contributed by atoms with Crippen LogP contribution in [-0.4, -0.2) is 17.6 Å². The SMILES string of the molecule is CCCC1(C)C(NC=O)=CC(C)C2C3CC(O)CC3(C)CCC21. The summed E-state index contributed by atoms with van der Waals surface area (Å²) in [7, 11) is 0. The van der Waals surface area contributed by atoms with Crippen molar-refractivity contribution in [2.45, 2.75) is 72.3 Å². The molecular weight excluding hydrogens is 286 g/mol. The van der Waals surface area contributed by atoms with Crippen LogP contribution in [-0.2, 0) is 4.79 Å². The highest BCUT2D eigenvalue weighted by molar-refractivity contribution is 5.51. The largest absolute Gasteiger partial charge is 0.393 e. The summed E-state index contributed by atoms with van der Waals surface area (Å²) in [4.78, 5) is 11.1. The number of nitrogens with one attached hydrogen (secondary N) is 1. The normalized spacial score (nSPS) is 49.1. The quantitative estimate of drug-likeness (QED) is 0.773. The van der Waals surface area contributed by atoms with E-state index in [1.807, 2.05) is 0 Å². The lowest BCUT2D eigenvalue weighted by Crippen LogP contribution is -2.51. The minimum atomic E-state index is -0.119. The number of aliphatic hydroxyl groups excluding tert-OH is 1. The molecule has 0 bridgehead atoms. The minimum Gasteiger partial charge on any atom is -0.393 e. The molecule has 130 valence electrons. The summed E-state index contributed by atoms with van der Waals surface area (Å²) in [6.45, 7) is 9.31. The first kappa shape index (κ1) is 17.0. The second-order valence-corrected chi connectivity index (χ2v) is 8.95. The summed E-state index contributed by atoms with van der Waals surface area (Å²) in [5.74, 6) is 2.35. The van der Waals surface area contributed by atoms with Gasteiger partial charge in [-0.3, -0.25) is 4.79 Å². The van der Waals surface area contributed by atoms with E-state index in [0.717, 1.165) is 37.8 Å². The molecule has 3 aliphatic carbocycles. The summed E-state index contributed by atoms with van der Waals surface area (Å²) < 4.78 is 0. The highest BCUT2D eigenvalue weighted by Gasteiger charge is 2.58. The third-order valence-electron chi connectivity index (χ3n) is 7.53. The zero-order chi connectivity index (χ0) is 16.8. The molecule has 23 heavy (non-hydrogen) atoms. The summed E-state index contributed by atoms with van der Waals surface area (Å²) >= 11 is 0. The number of hydrogen-bond acceptors (Lipinski definition) is 2. The van der Waals surface area contributed by atoms with Crippen LogP contribution in [0.15, 0.2) is 11.8 Å². The van der Waals surface area contributed by atoms with E-state index in [2.05, 4.69) is 39.1 Å². The lowest BCUT2D eigenvalue weighted by molar-refractivity contribution is -0.110. The van der Waals surface area contributed by atoms with Crippen LogP contribution in [0.5, 0.6) is 0 Å². The number of carbonyl (C=O) groups excluding carboxylic acids is 1. The van der Waals surface area contributed by atoms with Crippen LogP contribution < -0.4 is 5.32 Å². The van der Waals surface area contributed by atoms with Gasteiger partial charge in [0.25, 0.3) is 0 Å². The predicted molar refractivity (Wildman–Crippen MR) is 92.5 cm³/mol. The Labute approximate surface area is 140 Å². The number of fused-ring (bicyclic) bond motifs is 3. The fourth-order valence-electron chi connectivity index (χ4n) is 6.57. The van der Waals surface area contributed by atoms with Crippen molar-refractivity contribution in [3.63, 3.8) is 0 Å². The first-order chi connectivity index (χ1) is 10.9. The summed E-state index contributed by atoms with van der Waals surface area (Å²) in [6.07, 6.45) is 9.69. The Kier molecular flexibility index (Phi) is 4.37. The molecule has 0 radical (unpaired) electrons. The van der Waals surface area contributed by atoms with E-state index in [1.165, 1.54) is 12.8 Å². The molecule has 0 saturated heterocycles. The standard InChI is InChI=1S/C20H33NO2/c1-5-7-20(4)15-6-8-19(3)11-14(23)10-16(19)18(15)13(2)9-17(20)21-12-22/h9,12-16,18,23H,5-8,10-11H2,1-4H3,(H,21,22). The van der Waals surface area contributed by atoms with Crippen molar-refractivity contribution in [1.82, 2.24) is 5.32 Å². The first-order valence-electron chi connectivity index (χ1n) is 9.46. The maximum absolute atomic E-state index is 11.1. The van der Waals surface area contributed by atoms with Crippen molar-refractivity contribution in [2.24, 2.45) is 34.5 Å². The van der Waals surface area contributed by atoms with E-state index >= 15 is 0 Å². The molecule has 7 unspecified atom stereocenters. The first-order valence-corrected chi connectivity index (χ1v) is 9.46. The Bertz CT molecular complexity index is 502. The summed E-state index contributed by atoms with van der Waals surface area (Å²) in [6, 6.07) is 0. The average molecular weight is 319 g/mol. The smallest absolute Gasteiger partial charge is 0.211 e. The van der Waals surface area contributed by atoms with Gasteiger partial charge in [0, 0.05) is 11.1 Å². The van der Waals surface area contributed by atoms with E-state index in [-0.39, 0.29) is 11.5 Å². The predicted octanol–water partition coefficient (Wildman–Crippen LogP) is 3.88. The number of aliphatic hydroxyl groups is 1. The topological polar surface area (TPSA) is 49.3 Å². The van der Waals surface area contributed by atoms with Gasteiger partial charge >= 0.3 is 0 Å². The number of amides is 1. The number of rotatable bonds is 4. The maximum atomic E-state index is 11.1. The summed E-state index contributed by atoms with van der Waals surface area (Å²) in [5, 5.41) is 13.3. The van der Waals surface area contributed by atoms with E-state index in [4.69, 9.17) is 0 Å². The van der Waals surface area contributed by atoms with E-state index < -0.39 is 0 Å². The van der Waals surface area contributed by atoms with Crippen LogP contribution >= 0.6 is 0 Å². The maximum Gasteiger partial charge on any atom is 0.211 e. The molecule has 2 N–H and O–H groups in total. The molecule has 0 aromatic rings. The minimum absolute atomic E-state index is 0.0711. The molecule has 3 aliphatic rings. The van der Waals surface area contributed by atoms with Crippen molar-refractivity contribution in [1.29, 1.82) is 0 Å². The van der Waals surface area contributed by atoms with Crippen LogP contribution in [0.3, 0.4) is 0 Å². The third kappa shape index (κ3) is 2.56. The number of allylic oxidation sites excluding steroid dienone is 2. The van der Waals surface area contributed by atoms with E-state index in [1.54, 1.807) is 0 Å². The van der Waals surface area contributed by atoms with Gasteiger partial charge in [0.1, 0.15) is 0 Å². The van der Waals surface area contributed by atoms with Crippen LogP contribution in [0.25, 0.3) is 0 Å². The van der Waals surface area contributed by atoms with Gasteiger partial charge in [-0.05, 0) is 61.2 Å². The Balaban J connectivity index is 2.00. The molecule has 3 nitrogen and oxygen atoms in total. The highest BCUT2D eigenvalue weighted by atomic mass is 16.3. The zero-order valence-electron chi connectivity index (χ0n) is 15.1. The molecule has 2 saturated carbocycles. The van der Waals surface area contributed by atoms with Gasteiger partial charge in [-0.25, -0.2) is 0 Å². The Hall–Kier alpha value is -0.830. The average Bonchev–Trinajstić information content (AvgIpc) is 2.78. The number of hydrogen-bond donors (Lipinski definition) is 2. The van der Waals surface area contributed by atoms with Crippen molar-refractivity contribution >= 4 is 6.41 Å². The van der Waals surface area contributed by atoms with Crippen molar-refractivity contribution in [2.75, 3.05) is 0 Å². The fourth-order valence-corrected chi connectivity index (χ4v) is 6.57. The highest BCUT2D eigenvalue weighted by Crippen LogP contribution is 2.64. The Morgan fingerprint density at radius 3 is 2.78 bits per heavy atom. The molecule has 0 aromatic heterocycles. The van der Waals surface area contributed by atoms with Gasteiger partial charge in [-0.1, -0.05) is 40.2 Å². The molecular formula is C20H33NO2. The monoisotopic (exact) mass is 319 g/mol. The Morgan fingerprint density at radius 1 is 1.39 bits per heavy atom. The lowest BCUT2D eigenvalue weighted by atomic mass is 9.48. The van der Waals surface area contributed by atoms with Gasteiger partial charge in [0.15, 0.2) is 0 Å². The van der Waals surface area contributed by atoms with Crippen LogP contribution in [0.4, 0.5) is 0 Å². The van der Waals surface area contributed by atoms with Gasteiger partial charge < -0.3 is 10.4 Å². The lowest BCUT2D eigenvalue weighted by Gasteiger charge is -2.57. The van der Waals surface area contributed by atoms with Crippen molar-refractivity contribution in [3.8, 4) is 0 Å². The van der Waals surface area contributed by atoms with Gasteiger partial charge in [-0.2, -0.15) is 0 Å². The van der Waals surface area contributed by atoms with Gasteiger partial charge in [0.2, 0.25) is 6.41 Å². The second-order valence-electron chi connectivity index (χ2n) is 8.95. The van der Waals surface area contributed by atoms with Crippen LogP contribution in [0, 0.1) is 34.5 Å². The van der Waals surface area contributed by atoms with E-state index in [9.17, 15) is 9.90 Å².